The van der Waals surface area contributed by atoms with E-state index >= 15 is 0 Å². The van der Waals surface area contributed by atoms with Crippen LogP contribution in [0.15, 0.2) is 53.5 Å². The lowest BCUT2D eigenvalue weighted by atomic mass is 10.1. The maximum Gasteiger partial charge on any atom is 0.201 e. The Morgan fingerprint density at radius 2 is 2.05 bits per heavy atom. The molecule has 0 aliphatic carbocycles. The van der Waals surface area contributed by atoms with Gasteiger partial charge in [0, 0.05) is 18.3 Å². The third-order valence-electron chi connectivity index (χ3n) is 3.00. The van der Waals surface area contributed by atoms with Crippen LogP contribution in [0.5, 0.6) is 5.75 Å². The summed E-state index contributed by atoms with van der Waals surface area (Å²) in [6.45, 7) is 0.784. The average Bonchev–Trinajstić information content (AvgIpc) is 2.47. The number of hydrogen-bond acceptors (Lipinski definition) is 4. The minimum absolute atomic E-state index is 0.756. The van der Waals surface area contributed by atoms with Gasteiger partial charge in [-0.25, -0.2) is 4.99 Å². The summed E-state index contributed by atoms with van der Waals surface area (Å²) in [5.74, 6) is 1.58. The molecule has 0 amide bonds. The minimum Gasteiger partial charge on any atom is -0.497 e. The van der Waals surface area contributed by atoms with Crippen molar-refractivity contribution in [2.75, 3.05) is 12.4 Å². The van der Waals surface area contributed by atoms with Crippen LogP contribution in [0.3, 0.4) is 0 Å². The topological polar surface area (TPSA) is 45.6 Å². The molecule has 0 radical (unpaired) electrons. The molecule has 2 N–H and O–H groups in total. The van der Waals surface area contributed by atoms with Crippen molar-refractivity contribution < 1.29 is 4.74 Å². The Morgan fingerprint density at radius 1 is 1.16 bits per heavy atom. The van der Waals surface area contributed by atoms with Crippen molar-refractivity contribution >= 4 is 17.3 Å². The Kier molecular flexibility index (Phi) is 3.06. The standard InChI is InChI=1S/C15H15N3O/c1-19-13-7-4-6-12(9-13)17-15-16-10-11-5-2-3-8-14(11)18-15/h2-9H,10H2,1H3,(H2,16,17,18). The summed E-state index contributed by atoms with van der Waals surface area (Å²) in [6, 6.07) is 15.9. The first-order valence-electron chi connectivity index (χ1n) is 6.17. The number of fused-ring (bicyclic) bond motifs is 1. The fourth-order valence-corrected chi connectivity index (χ4v) is 2.02. The van der Waals surface area contributed by atoms with E-state index in [1.54, 1.807) is 7.11 Å². The third kappa shape index (κ3) is 2.52. The van der Waals surface area contributed by atoms with Gasteiger partial charge in [0.15, 0.2) is 0 Å². The molecule has 2 aromatic rings. The van der Waals surface area contributed by atoms with Crippen molar-refractivity contribution in [2.45, 2.75) is 6.54 Å². The Morgan fingerprint density at radius 3 is 2.95 bits per heavy atom. The van der Waals surface area contributed by atoms with Gasteiger partial charge in [0.1, 0.15) is 5.75 Å². The van der Waals surface area contributed by atoms with Gasteiger partial charge in [-0.3, -0.25) is 0 Å². The van der Waals surface area contributed by atoms with Crippen molar-refractivity contribution in [3.8, 4) is 5.75 Å². The molecule has 1 aliphatic rings. The predicted molar refractivity (Wildman–Crippen MR) is 77.0 cm³/mol. The van der Waals surface area contributed by atoms with E-state index in [4.69, 9.17) is 4.74 Å². The maximum atomic E-state index is 5.20. The lowest BCUT2D eigenvalue weighted by Crippen LogP contribution is -2.32. The highest BCUT2D eigenvalue weighted by Gasteiger charge is 2.10. The van der Waals surface area contributed by atoms with Crippen LogP contribution in [0, 0.1) is 0 Å². The number of hydrogen-bond donors (Lipinski definition) is 2. The first-order chi connectivity index (χ1) is 9.35. The molecule has 3 rings (SSSR count). The van der Waals surface area contributed by atoms with Gasteiger partial charge in [0.2, 0.25) is 5.96 Å². The molecule has 0 fully saturated rings. The third-order valence-corrected chi connectivity index (χ3v) is 3.00. The summed E-state index contributed by atoms with van der Waals surface area (Å²) in [5, 5.41) is 6.51. The maximum absolute atomic E-state index is 5.20. The quantitative estimate of drug-likeness (QED) is 0.865. The number of rotatable bonds is 2. The summed E-state index contributed by atoms with van der Waals surface area (Å²) in [7, 11) is 1.66. The number of guanidine groups is 1. The van der Waals surface area contributed by atoms with E-state index in [1.807, 2.05) is 42.5 Å². The zero-order chi connectivity index (χ0) is 13.1. The second-order valence-corrected chi connectivity index (χ2v) is 4.30. The number of benzene rings is 2. The molecule has 0 saturated heterocycles. The molecule has 0 bridgehead atoms. The Labute approximate surface area is 112 Å². The van der Waals surface area contributed by atoms with Crippen molar-refractivity contribution in [1.29, 1.82) is 0 Å². The Hall–Kier alpha value is -2.49. The fraction of sp³-hybridized carbons (Fsp3) is 0.133. The lowest BCUT2D eigenvalue weighted by molar-refractivity contribution is 0.415. The number of para-hydroxylation sites is 1. The van der Waals surface area contributed by atoms with Gasteiger partial charge < -0.3 is 15.4 Å². The zero-order valence-corrected chi connectivity index (χ0v) is 10.7. The molecule has 0 atom stereocenters. The van der Waals surface area contributed by atoms with Crippen molar-refractivity contribution in [2.24, 2.45) is 4.99 Å². The molecule has 1 aliphatic heterocycles. The van der Waals surface area contributed by atoms with Gasteiger partial charge in [-0.2, -0.15) is 0 Å². The molecular weight excluding hydrogens is 238 g/mol. The first kappa shape index (κ1) is 11.6. The molecule has 0 saturated carbocycles. The molecule has 0 spiro atoms. The largest absolute Gasteiger partial charge is 0.497 e. The number of anilines is 1. The van der Waals surface area contributed by atoms with Crippen LogP contribution in [0.25, 0.3) is 0 Å². The van der Waals surface area contributed by atoms with Crippen LogP contribution < -0.4 is 15.4 Å². The van der Waals surface area contributed by atoms with Gasteiger partial charge in [-0.1, -0.05) is 24.3 Å². The van der Waals surface area contributed by atoms with E-state index < -0.39 is 0 Å². The van der Waals surface area contributed by atoms with E-state index in [0.717, 1.165) is 29.6 Å². The second kappa shape index (κ2) is 5.02. The van der Waals surface area contributed by atoms with Gasteiger partial charge in [0.05, 0.1) is 12.8 Å². The highest BCUT2D eigenvalue weighted by Crippen LogP contribution is 2.22. The summed E-state index contributed by atoms with van der Waals surface area (Å²) in [6.07, 6.45) is 0. The van der Waals surface area contributed by atoms with E-state index in [9.17, 15) is 0 Å². The Bertz CT molecular complexity index is 622. The predicted octanol–water partition coefficient (Wildman–Crippen LogP) is 2.90. The summed E-state index contributed by atoms with van der Waals surface area (Å²) < 4.78 is 5.20. The number of nitrogens with one attached hydrogen (secondary N) is 2. The fourth-order valence-electron chi connectivity index (χ4n) is 2.02. The van der Waals surface area contributed by atoms with Crippen LogP contribution in [0.4, 0.5) is 11.4 Å². The molecule has 4 heteroatoms. The summed E-state index contributed by atoms with van der Waals surface area (Å²) in [5.41, 5.74) is 3.16. The lowest BCUT2D eigenvalue weighted by Gasteiger charge is -2.18. The smallest absolute Gasteiger partial charge is 0.201 e. The van der Waals surface area contributed by atoms with Crippen LogP contribution >= 0.6 is 0 Å². The summed E-state index contributed by atoms with van der Waals surface area (Å²) in [4.78, 5) is 4.55. The highest BCUT2D eigenvalue weighted by molar-refractivity contribution is 5.96. The number of methoxy groups -OCH3 is 1. The molecule has 0 unspecified atom stereocenters. The number of nitrogens with zero attached hydrogens (tertiary/aromatic N) is 1. The SMILES string of the molecule is COc1cccc(NC2=Nc3ccccc3CN2)c1. The monoisotopic (exact) mass is 253 g/mol. The number of aliphatic imine (C=N–C) groups is 1. The Balaban J connectivity index is 1.83. The van der Waals surface area contributed by atoms with E-state index in [1.165, 1.54) is 5.56 Å². The minimum atomic E-state index is 0.756. The molecular formula is C15H15N3O. The van der Waals surface area contributed by atoms with E-state index in [0.29, 0.717) is 0 Å². The van der Waals surface area contributed by atoms with E-state index in [-0.39, 0.29) is 0 Å². The van der Waals surface area contributed by atoms with Crippen LogP contribution in [0.2, 0.25) is 0 Å². The highest BCUT2D eigenvalue weighted by atomic mass is 16.5. The molecule has 96 valence electrons. The molecule has 1 heterocycles. The van der Waals surface area contributed by atoms with Crippen LogP contribution in [0.1, 0.15) is 5.56 Å². The van der Waals surface area contributed by atoms with Gasteiger partial charge in [-0.05, 0) is 23.8 Å². The molecule has 0 aromatic heterocycles. The van der Waals surface area contributed by atoms with Crippen LogP contribution in [-0.2, 0) is 6.54 Å². The number of ether oxygens (including phenoxy) is 1. The van der Waals surface area contributed by atoms with Crippen molar-refractivity contribution in [3.05, 3.63) is 54.1 Å². The second-order valence-electron chi connectivity index (χ2n) is 4.30. The average molecular weight is 253 g/mol. The van der Waals surface area contributed by atoms with Crippen molar-refractivity contribution in [3.63, 3.8) is 0 Å². The normalized spacial score (nSPS) is 13.0. The molecule has 2 aromatic carbocycles. The molecule has 4 nitrogen and oxygen atoms in total. The van der Waals surface area contributed by atoms with Gasteiger partial charge in [-0.15, -0.1) is 0 Å². The van der Waals surface area contributed by atoms with Gasteiger partial charge in [0.25, 0.3) is 0 Å². The van der Waals surface area contributed by atoms with Crippen LogP contribution in [-0.4, -0.2) is 13.1 Å². The first-order valence-corrected chi connectivity index (χ1v) is 6.17. The summed E-state index contributed by atoms with van der Waals surface area (Å²) >= 11 is 0. The van der Waals surface area contributed by atoms with E-state index in [2.05, 4.69) is 21.7 Å². The zero-order valence-electron chi connectivity index (χ0n) is 10.7. The molecule has 19 heavy (non-hydrogen) atoms. The van der Waals surface area contributed by atoms with Crippen molar-refractivity contribution in [1.82, 2.24) is 5.32 Å². The van der Waals surface area contributed by atoms with Gasteiger partial charge >= 0.3 is 0 Å².